The summed E-state index contributed by atoms with van der Waals surface area (Å²) in [7, 11) is -2.06. The van der Waals surface area contributed by atoms with Gasteiger partial charge in [0.25, 0.3) is 0 Å². The second-order valence-electron chi connectivity index (χ2n) is 5.71. The molecule has 0 radical (unpaired) electrons. The molecule has 1 fully saturated rings. The smallest absolute Gasteiger partial charge is 0.244 e. The first-order chi connectivity index (χ1) is 9.75. The van der Waals surface area contributed by atoms with E-state index in [-0.39, 0.29) is 26.7 Å². The van der Waals surface area contributed by atoms with Gasteiger partial charge in [0.1, 0.15) is 4.90 Å². The van der Waals surface area contributed by atoms with Crippen molar-refractivity contribution in [2.75, 3.05) is 12.8 Å². The van der Waals surface area contributed by atoms with Crippen LogP contribution in [0.1, 0.15) is 32.6 Å². The van der Waals surface area contributed by atoms with E-state index in [4.69, 9.17) is 28.9 Å². The topological polar surface area (TPSA) is 63.4 Å². The Morgan fingerprint density at radius 3 is 2.33 bits per heavy atom. The van der Waals surface area contributed by atoms with E-state index >= 15 is 0 Å². The van der Waals surface area contributed by atoms with E-state index in [0.29, 0.717) is 5.92 Å². The van der Waals surface area contributed by atoms with Crippen LogP contribution in [-0.4, -0.2) is 25.8 Å². The highest BCUT2D eigenvalue weighted by Crippen LogP contribution is 2.36. The molecule has 0 atom stereocenters. The summed E-state index contributed by atoms with van der Waals surface area (Å²) < 4.78 is 26.9. The molecular formula is C14H20Cl2N2O2S. The van der Waals surface area contributed by atoms with Gasteiger partial charge in [0.05, 0.1) is 15.7 Å². The third-order valence-corrected chi connectivity index (χ3v) is 7.05. The van der Waals surface area contributed by atoms with Gasteiger partial charge in [-0.25, -0.2) is 8.42 Å². The second-order valence-corrected chi connectivity index (χ2v) is 8.46. The van der Waals surface area contributed by atoms with E-state index in [1.807, 2.05) is 0 Å². The Morgan fingerprint density at radius 1 is 1.19 bits per heavy atom. The van der Waals surface area contributed by atoms with Crippen LogP contribution in [0.5, 0.6) is 0 Å². The van der Waals surface area contributed by atoms with Crippen molar-refractivity contribution in [3.05, 3.63) is 22.2 Å². The molecular weight excluding hydrogens is 331 g/mol. The molecule has 1 aliphatic carbocycles. The number of hydrogen-bond donors (Lipinski definition) is 1. The molecule has 1 aromatic rings. The van der Waals surface area contributed by atoms with Crippen molar-refractivity contribution >= 4 is 38.9 Å². The minimum Gasteiger partial charge on any atom is -0.396 e. The summed E-state index contributed by atoms with van der Waals surface area (Å²) in [6.45, 7) is 2.20. The quantitative estimate of drug-likeness (QED) is 0.843. The lowest BCUT2D eigenvalue weighted by atomic mass is 9.87. The SMILES string of the molecule is CC1CCC(N(C)S(=O)(=O)c2ccc(Cl)c(N)c2Cl)CC1. The molecule has 1 aromatic carbocycles. The maximum atomic E-state index is 12.7. The predicted molar refractivity (Wildman–Crippen MR) is 87.2 cm³/mol. The number of hydrogen-bond acceptors (Lipinski definition) is 3. The first-order valence-corrected chi connectivity index (χ1v) is 9.16. The standard InChI is InChI=1S/C14H20Cl2N2O2S/c1-9-3-5-10(6-4-9)18(2)21(19,20)12-8-7-11(15)14(17)13(12)16/h7-10H,3-6,17H2,1-2H3. The minimum atomic E-state index is -3.66. The molecule has 1 aliphatic rings. The van der Waals surface area contributed by atoms with Gasteiger partial charge in [-0.2, -0.15) is 4.31 Å². The Hall–Kier alpha value is -0.490. The summed E-state index contributed by atoms with van der Waals surface area (Å²) in [4.78, 5) is 0.0205. The largest absolute Gasteiger partial charge is 0.396 e. The number of rotatable bonds is 3. The van der Waals surface area contributed by atoms with Crippen molar-refractivity contribution in [1.29, 1.82) is 0 Å². The molecule has 0 amide bonds. The fraction of sp³-hybridized carbons (Fsp3) is 0.571. The molecule has 0 bridgehead atoms. The molecule has 1 saturated carbocycles. The number of nitrogens with two attached hydrogens (primary N) is 1. The molecule has 0 unspecified atom stereocenters. The van der Waals surface area contributed by atoms with Crippen LogP contribution in [0.2, 0.25) is 10.0 Å². The molecule has 0 aromatic heterocycles. The van der Waals surface area contributed by atoms with Gasteiger partial charge in [0, 0.05) is 13.1 Å². The Balaban J connectivity index is 2.32. The van der Waals surface area contributed by atoms with Gasteiger partial charge in [-0.3, -0.25) is 0 Å². The van der Waals surface area contributed by atoms with Crippen molar-refractivity contribution in [3.8, 4) is 0 Å². The number of sulfonamides is 1. The number of nitrogen functional groups attached to an aromatic ring is 1. The van der Waals surface area contributed by atoms with Crippen molar-refractivity contribution in [3.63, 3.8) is 0 Å². The maximum Gasteiger partial charge on any atom is 0.244 e. The van der Waals surface area contributed by atoms with Crippen LogP contribution in [-0.2, 0) is 10.0 Å². The predicted octanol–water partition coefficient (Wildman–Crippen LogP) is 3.77. The van der Waals surface area contributed by atoms with Gasteiger partial charge in [-0.1, -0.05) is 30.1 Å². The molecule has 0 saturated heterocycles. The van der Waals surface area contributed by atoms with Crippen LogP contribution in [0.3, 0.4) is 0 Å². The summed E-state index contributed by atoms with van der Waals surface area (Å²) in [5, 5.41) is 0.256. The molecule has 4 nitrogen and oxygen atoms in total. The molecule has 21 heavy (non-hydrogen) atoms. The molecule has 0 spiro atoms. The van der Waals surface area contributed by atoms with E-state index in [2.05, 4.69) is 6.92 Å². The van der Waals surface area contributed by atoms with E-state index in [1.54, 1.807) is 7.05 Å². The van der Waals surface area contributed by atoms with E-state index in [9.17, 15) is 8.42 Å². The van der Waals surface area contributed by atoms with Crippen molar-refractivity contribution < 1.29 is 8.42 Å². The van der Waals surface area contributed by atoms with Crippen LogP contribution in [0.4, 0.5) is 5.69 Å². The average Bonchev–Trinajstić information content (AvgIpc) is 2.44. The van der Waals surface area contributed by atoms with Gasteiger partial charge in [0.15, 0.2) is 0 Å². The van der Waals surface area contributed by atoms with Crippen LogP contribution in [0.15, 0.2) is 17.0 Å². The zero-order valence-electron chi connectivity index (χ0n) is 12.1. The van der Waals surface area contributed by atoms with Gasteiger partial charge >= 0.3 is 0 Å². The molecule has 0 heterocycles. The average molecular weight is 351 g/mol. The lowest BCUT2D eigenvalue weighted by molar-refractivity contribution is 0.246. The third kappa shape index (κ3) is 3.31. The van der Waals surface area contributed by atoms with Crippen LogP contribution in [0, 0.1) is 5.92 Å². The van der Waals surface area contributed by atoms with Gasteiger partial charge in [-0.15, -0.1) is 0 Å². The first kappa shape index (κ1) is 16.9. The molecule has 2 N–H and O–H groups in total. The fourth-order valence-electron chi connectivity index (χ4n) is 2.71. The number of halogens is 2. The zero-order chi connectivity index (χ0) is 15.8. The number of anilines is 1. The van der Waals surface area contributed by atoms with Crippen molar-refractivity contribution in [2.45, 2.75) is 43.5 Å². The molecule has 2 rings (SSSR count). The lowest BCUT2D eigenvalue weighted by Crippen LogP contribution is -2.39. The molecule has 0 aliphatic heterocycles. The van der Waals surface area contributed by atoms with Crippen molar-refractivity contribution in [2.24, 2.45) is 5.92 Å². The fourth-order valence-corrected chi connectivity index (χ4v) is 4.86. The summed E-state index contributed by atoms with van der Waals surface area (Å²) in [6, 6.07) is 2.89. The number of nitrogens with zero attached hydrogens (tertiary/aromatic N) is 1. The maximum absolute atomic E-state index is 12.7. The van der Waals surface area contributed by atoms with Crippen molar-refractivity contribution in [1.82, 2.24) is 4.31 Å². The first-order valence-electron chi connectivity index (χ1n) is 6.96. The second kappa shape index (κ2) is 6.32. The van der Waals surface area contributed by atoms with Crippen LogP contribution >= 0.6 is 23.2 Å². The van der Waals surface area contributed by atoms with E-state index in [0.717, 1.165) is 25.7 Å². The van der Waals surface area contributed by atoms with Gasteiger partial charge in [0.2, 0.25) is 10.0 Å². The normalized spacial score (nSPS) is 23.5. The Labute approximate surface area is 136 Å². The summed E-state index contributed by atoms with van der Waals surface area (Å²) in [5.41, 5.74) is 5.83. The minimum absolute atomic E-state index is 0.00136. The highest BCUT2D eigenvalue weighted by molar-refractivity contribution is 7.89. The summed E-state index contributed by atoms with van der Waals surface area (Å²) in [5.74, 6) is 0.659. The van der Waals surface area contributed by atoms with E-state index < -0.39 is 10.0 Å². The monoisotopic (exact) mass is 350 g/mol. The Kier molecular flexibility index (Phi) is 5.08. The summed E-state index contributed by atoms with van der Waals surface area (Å²) >= 11 is 11.9. The summed E-state index contributed by atoms with van der Waals surface area (Å²) in [6.07, 6.45) is 3.83. The Morgan fingerprint density at radius 2 is 1.76 bits per heavy atom. The molecule has 7 heteroatoms. The number of benzene rings is 1. The molecule has 118 valence electrons. The lowest BCUT2D eigenvalue weighted by Gasteiger charge is -2.33. The van der Waals surface area contributed by atoms with Crippen LogP contribution in [0.25, 0.3) is 0 Å². The van der Waals surface area contributed by atoms with Crippen LogP contribution < -0.4 is 5.73 Å². The van der Waals surface area contributed by atoms with Gasteiger partial charge < -0.3 is 5.73 Å². The zero-order valence-corrected chi connectivity index (χ0v) is 14.5. The highest BCUT2D eigenvalue weighted by atomic mass is 35.5. The third-order valence-electron chi connectivity index (χ3n) is 4.25. The van der Waals surface area contributed by atoms with Gasteiger partial charge in [-0.05, 0) is 43.7 Å². The van der Waals surface area contributed by atoms with E-state index in [1.165, 1.54) is 16.4 Å². The highest BCUT2D eigenvalue weighted by Gasteiger charge is 2.32. The Bertz CT molecular complexity index is 626.